The van der Waals surface area contributed by atoms with Crippen molar-refractivity contribution in [1.29, 1.82) is 0 Å². The van der Waals surface area contributed by atoms with Crippen molar-refractivity contribution < 1.29 is 19.1 Å². The van der Waals surface area contributed by atoms with Crippen molar-refractivity contribution in [3.05, 3.63) is 21.9 Å². The smallest absolute Gasteiger partial charge is 0.348 e. The zero-order valence-electron chi connectivity index (χ0n) is 11.3. The van der Waals surface area contributed by atoms with E-state index >= 15 is 0 Å². The van der Waals surface area contributed by atoms with Crippen LogP contribution in [0.3, 0.4) is 0 Å². The third kappa shape index (κ3) is 3.25. The van der Waals surface area contributed by atoms with Crippen LogP contribution in [0.2, 0.25) is 0 Å². The summed E-state index contributed by atoms with van der Waals surface area (Å²) in [6.45, 7) is 0.591. The molecule has 0 saturated carbocycles. The molecule has 6 heteroatoms. The van der Waals surface area contributed by atoms with Crippen molar-refractivity contribution in [2.45, 2.75) is 31.7 Å². The molecule has 0 aliphatic carbocycles. The van der Waals surface area contributed by atoms with Crippen molar-refractivity contribution >= 4 is 29.5 Å². The van der Waals surface area contributed by atoms with E-state index in [0.717, 1.165) is 24.0 Å². The van der Waals surface area contributed by atoms with E-state index in [1.807, 2.05) is 6.07 Å². The molecule has 1 aromatic heterocycles. The number of carbonyl (C=O) groups is 3. The second kappa shape index (κ2) is 6.65. The topological polar surface area (TPSA) is 63.7 Å². The summed E-state index contributed by atoms with van der Waals surface area (Å²) in [7, 11) is 1.36. The first-order valence-electron chi connectivity index (χ1n) is 6.57. The molecule has 1 atom stereocenters. The average Bonchev–Trinajstić information content (AvgIpc) is 3.06. The number of thiophene rings is 1. The quantitative estimate of drug-likeness (QED) is 0.591. The van der Waals surface area contributed by atoms with Crippen LogP contribution in [0.1, 0.15) is 33.8 Å². The molecular formula is C14H17NO4S. The van der Waals surface area contributed by atoms with Crippen LogP contribution in [0.25, 0.3) is 0 Å². The predicted molar refractivity (Wildman–Crippen MR) is 74.8 cm³/mol. The lowest BCUT2D eigenvalue weighted by Crippen LogP contribution is -2.34. The molecule has 0 N–H and O–H groups in total. The van der Waals surface area contributed by atoms with Crippen LogP contribution in [0.15, 0.2) is 12.1 Å². The molecule has 1 aliphatic heterocycles. The summed E-state index contributed by atoms with van der Waals surface area (Å²) >= 11 is 1.41. The molecule has 0 radical (unpaired) electrons. The van der Waals surface area contributed by atoms with Gasteiger partial charge >= 0.3 is 5.97 Å². The molecule has 1 saturated heterocycles. The Labute approximate surface area is 121 Å². The van der Waals surface area contributed by atoms with E-state index in [9.17, 15) is 14.4 Å². The van der Waals surface area contributed by atoms with Crippen molar-refractivity contribution in [3.63, 3.8) is 0 Å². The fourth-order valence-electron chi connectivity index (χ4n) is 2.33. The fraction of sp³-hybridized carbons (Fsp3) is 0.500. The van der Waals surface area contributed by atoms with Gasteiger partial charge in [0, 0.05) is 17.8 Å². The molecule has 1 aliphatic rings. The first-order chi connectivity index (χ1) is 9.65. The normalized spacial score (nSPS) is 18.4. The molecule has 5 nitrogen and oxygen atoms in total. The van der Waals surface area contributed by atoms with Gasteiger partial charge in [-0.05, 0) is 31.4 Å². The number of amides is 1. The van der Waals surface area contributed by atoms with Crippen molar-refractivity contribution in [2.75, 3.05) is 13.7 Å². The van der Waals surface area contributed by atoms with Crippen molar-refractivity contribution in [2.24, 2.45) is 0 Å². The van der Waals surface area contributed by atoms with Gasteiger partial charge in [0.05, 0.1) is 13.2 Å². The van der Waals surface area contributed by atoms with Crippen LogP contribution in [-0.2, 0) is 20.7 Å². The summed E-state index contributed by atoms with van der Waals surface area (Å²) in [5.41, 5.74) is 0. The lowest BCUT2D eigenvalue weighted by Gasteiger charge is -2.20. The number of aryl methyl sites for hydroxylation is 1. The number of rotatable bonds is 6. The Hall–Kier alpha value is -1.69. The van der Waals surface area contributed by atoms with Crippen molar-refractivity contribution in [1.82, 2.24) is 4.90 Å². The molecule has 1 amide bonds. The molecular weight excluding hydrogens is 278 g/mol. The van der Waals surface area contributed by atoms with Gasteiger partial charge in [-0.15, -0.1) is 11.3 Å². The van der Waals surface area contributed by atoms with Crippen LogP contribution in [-0.4, -0.2) is 42.8 Å². The maximum atomic E-state index is 11.6. The number of aldehydes is 1. The van der Waals surface area contributed by atoms with Gasteiger partial charge in [-0.2, -0.15) is 0 Å². The van der Waals surface area contributed by atoms with Gasteiger partial charge < -0.3 is 14.4 Å². The monoisotopic (exact) mass is 295 g/mol. The Morgan fingerprint density at radius 3 is 3.05 bits per heavy atom. The number of ether oxygens (including phenoxy) is 1. The summed E-state index contributed by atoms with van der Waals surface area (Å²) < 4.78 is 4.66. The van der Waals surface area contributed by atoms with Crippen LogP contribution in [0.5, 0.6) is 0 Å². The molecule has 0 aromatic carbocycles. The molecule has 2 heterocycles. The van der Waals surface area contributed by atoms with Crippen LogP contribution >= 0.6 is 11.3 Å². The zero-order chi connectivity index (χ0) is 14.5. The number of hydrogen-bond donors (Lipinski definition) is 0. The third-order valence-electron chi connectivity index (χ3n) is 3.40. The molecule has 2 rings (SSSR count). The maximum Gasteiger partial charge on any atom is 0.348 e. The van der Waals surface area contributed by atoms with Gasteiger partial charge in [-0.3, -0.25) is 4.79 Å². The van der Waals surface area contributed by atoms with Gasteiger partial charge in [0.25, 0.3) is 0 Å². The number of carbonyl (C=O) groups excluding carboxylic acids is 3. The Kier molecular flexibility index (Phi) is 4.89. The average molecular weight is 295 g/mol. The van der Waals surface area contributed by atoms with Gasteiger partial charge in [-0.1, -0.05) is 0 Å². The minimum absolute atomic E-state index is 0.0588. The predicted octanol–water partition coefficient (Wildman–Crippen LogP) is 1.66. The van der Waals surface area contributed by atoms with Gasteiger partial charge in [0.15, 0.2) is 0 Å². The zero-order valence-corrected chi connectivity index (χ0v) is 12.1. The Morgan fingerprint density at radius 1 is 1.55 bits per heavy atom. The minimum Gasteiger partial charge on any atom is -0.465 e. The van der Waals surface area contributed by atoms with E-state index in [1.165, 1.54) is 18.4 Å². The molecule has 1 aromatic rings. The van der Waals surface area contributed by atoms with Gasteiger partial charge in [-0.25, -0.2) is 4.79 Å². The number of nitrogens with zero attached hydrogens (tertiary/aromatic N) is 1. The highest BCUT2D eigenvalue weighted by Gasteiger charge is 2.29. The van der Waals surface area contributed by atoms with Crippen LogP contribution in [0.4, 0.5) is 0 Å². The van der Waals surface area contributed by atoms with Crippen LogP contribution < -0.4 is 0 Å². The largest absolute Gasteiger partial charge is 0.465 e. The number of likely N-dealkylation sites (tertiary alicyclic amines) is 1. The first kappa shape index (κ1) is 14.7. The number of hydrogen-bond acceptors (Lipinski definition) is 5. The van der Waals surface area contributed by atoms with E-state index in [0.29, 0.717) is 24.3 Å². The van der Waals surface area contributed by atoms with Crippen LogP contribution in [0, 0.1) is 0 Å². The summed E-state index contributed by atoms with van der Waals surface area (Å²) in [5, 5.41) is 0. The summed E-state index contributed by atoms with van der Waals surface area (Å²) in [6, 6.07) is 3.40. The summed E-state index contributed by atoms with van der Waals surface area (Å²) in [4.78, 5) is 37.1. The highest BCUT2D eigenvalue weighted by molar-refractivity contribution is 7.13. The second-order valence-electron chi connectivity index (χ2n) is 4.69. The maximum absolute atomic E-state index is 11.6. The fourth-order valence-corrected chi connectivity index (χ4v) is 3.30. The summed E-state index contributed by atoms with van der Waals surface area (Å²) in [6.07, 6.45) is 3.53. The molecule has 20 heavy (non-hydrogen) atoms. The van der Waals surface area contributed by atoms with E-state index in [2.05, 4.69) is 4.74 Å². The Morgan fingerprint density at radius 2 is 2.35 bits per heavy atom. The minimum atomic E-state index is -0.322. The van der Waals surface area contributed by atoms with Crippen molar-refractivity contribution in [3.8, 4) is 0 Å². The Balaban J connectivity index is 1.83. The third-order valence-corrected chi connectivity index (χ3v) is 4.53. The lowest BCUT2D eigenvalue weighted by atomic mass is 10.2. The molecule has 1 fully saturated rings. The molecule has 108 valence electrons. The number of esters is 1. The Bertz CT molecular complexity index is 511. The summed E-state index contributed by atoms with van der Waals surface area (Å²) in [5.74, 6) is -0.263. The van der Waals surface area contributed by atoms with Gasteiger partial charge in [0.2, 0.25) is 5.91 Å². The highest BCUT2D eigenvalue weighted by atomic mass is 32.1. The molecule has 0 bridgehead atoms. The van der Waals surface area contributed by atoms with Gasteiger partial charge in [0.1, 0.15) is 11.2 Å². The first-order valence-corrected chi connectivity index (χ1v) is 7.39. The SMILES string of the molecule is COC(=O)c1ccc(CCCN2C(=O)CC[C@@H]2C=O)s1. The molecule has 0 unspecified atom stereocenters. The number of methoxy groups -OCH3 is 1. The lowest BCUT2D eigenvalue weighted by molar-refractivity contribution is -0.131. The van der Waals surface area contributed by atoms with E-state index in [-0.39, 0.29) is 17.9 Å². The van der Waals surface area contributed by atoms with E-state index < -0.39 is 0 Å². The highest BCUT2D eigenvalue weighted by Crippen LogP contribution is 2.21. The van der Waals surface area contributed by atoms with E-state index in [4.69, 9.17) is 0 Å². The standard InChI is InChI=1S/C14H17NO4S/c1-19-14(18)12-6-5-11(20-12)3-2-8-15-10(9-16)4-7-13(15)17/h5-6,9-10H,2-4,7-8H2,1H3/t10-/m1/s1. The molecule has 0 spiro atoms. The van der Waals surface area contributed by atoms with E-state index in [1.54, 1.807) is 11.0 Å². The second-order valence-corrected chi connectivity index (χ2v) is 5.86.